The van der Waals surface area contributed by atoms with E-state index in [4.69, 9.17) is 0 Å². The number of unbranched alkanes of at least 4 members (excludes halogenated alkanes) is 9. The fraction of sp³-hybridized carbons (Fsp3) is 0.938. The van der Waals surface area contributed by atoms with Gasteiger partial charge in [0.15, 0.2) is 0 Å². The molecule has 0 aromatic carbocycles. The molecule has 0 amide bonds. The summed E-state index contributed by atoms with van der Waals surface area (Å²) in [4.78, 5) is 10.3. The summed E-state index contributed by atoms with van der Waals surface area (Å²) in [5.74, 6) is 0.599. The topological polar surface area (TPSA) is 17.1 Å². The average molecular weight is 240 g/mol. The third kappa shape index (κ3) is 13.6. The summed E-state index contributed by atoms with van der Waals surface area (Å²) < 4.78 is 0. The van der Waals surface area contributed by atoms with Crippen molar-refractivity contribution >= 4 is 6.29 Å². The summed E-state index contributed by atoms with van der Waals surface area (Å²) in [5, 5.41) is 0. The Morgan fingerprint density at radius 2 is 1.29 bits per heavy atom. The highest BCUT2D eigenvalue weighted by atomic mass is 16.1. The van der Waals surface area contributed by atoms with Gasteiger partial charge in [-0.15, -0.1) is 0 Å². The van der Waals surface area contributed by atoms with Crippen molar-refractivity contribution in [1.82, 2.24) is 0 Å². The van der Waals surface area contributed by atoms with Gasteiger partial charge in [0.25, 0.3) is 0 Å². The first-order valence-electron chi connectivity index (χ1n) is 7.74. The van der Waals surface area contributed by atoms with Gasteiger partial charge in [-0.3, -0.25) is 0 Å². The van der Waals surface area contributed by atoms with Crippen molar-refractivity contribution in [2.24, 2.45) is 5.92 Å². The number of hydrogen-bond donors (Lipinski definition) is 0. The molecule has 0 aromatic heterocycles. The van der Waals surface area contributed by atoms with Crippen LogP contribution < -0.4 is 0 Å². The standard InChI is InChI=1S/C16H32O/c1-3-4-5-6-7-8-9-10-11-12-13-16(2)14-15-17/h15-16H,3-14H2,1-2H3. The lowest BCUT2D eigenvalue weighted by Crippen LogP contribution is -1.95. The van der Waals surface area contributed by atoms with Crippen molar-refractivity contribution in [3.8, 4) is 0 Å². The van der Waals surface area contributed by atoms with Crippen molar-refractivity contribution in [2.75, 3.05) is 0 Å². The Kier molecular flexibility index (Phi) is 13.5. The number of rotatable bonds is 13. The van der Waals surface area contributed by atoms with E-state index >= 15 is 0 Å². The third-order valence-corrected chi connectivity index (χ3v) is 3.55. The maximum Gasteiger partial charge on any atom is 0.120 e. The average Bonchev–Trinajstić information content (AvgIpc) is 2.32. The molecule has 0 saturated carbocycles. The van der Waals surface area contributed by atoms with Crippen LogP contribution in [0.2, 0.25) is 0 Å². The summed E-state index contributed by atoms with van der Waals surface area (Å²) in [7, 11) is 0. The molecule has 102 valence electrons. The third-order valence-electron chi connectivity index (χ3n) is 3.55. The highest BCUT2D eigenvalue weighted by molar-refractivity contribution is 5.49. The fourth-order valence-corrected chi connectivity index (χ4v) is 2.26. The molecular weight excluding hydrogens is 208 g/mol. The van der Waals surface area contributed by atoms with Gasteiger partial charge in [0.05, 0.1) is 0 Å². The first kappa shape index (κ1) is 16.7. The predicted octanol–water partition coefficient (Wildman–Crippen LogP) is 5.52. The van der Waals surface area contributed by atoms with Crippen molar-refractivity contribution in [3.05, 3.63) is 0 Å². The van der Waals surface area contributed by atoms with Crippen LogP contribution in [0.25, 0.3) is 0 Å². The normalized spacial score (nSPS) is 12.6. The second-order valence-corrected chi connectivity index (χ2v) is 5.48. The van der Waals surface area contributed by atoms with Gasteiger partial charge in [0.2, 0.25) is 0 Å². The molecule has 0 bridgehead atoms. The number of aldehydes is 1. The molecule has 0 heterocycles. The Morgan fingerprint density at radius 1 is 0.824 bits per heavy atom. The highest BCUT2D eigenvalue weighted by Crippen LogP contribution is 2.14. The highest BCUT2D eigenvalue weighted by Gasteiger charge is 2.00. The molecule has 0 N–H and O–H groups in total. The zero-order chi connectivity index (χ0) is 12.8. The Morgan fingerprint density at radius 3 is 1.76 bits per heavy atom. The maximum atomic E-state index is 10.3. The van der Waals surface area contributed by atoms with E-state index in [0.29, 0.717) is 5.92 Å². The zero-order valence-corrected chi connectivity index (χ0v) is 12.0. The van der Waals surface area contributed by atoms with E-state index in [1.807, 2.05) is 0 Å². The van der Waals surface area contributed by atoms with Crippen LogP contribution >= 0.6 is 0 Å². The second kappa shape index (κ2) is 13.7. The van der Waals surface area contributed by atoms with E-state index in [1.165, 1.54) is 70.6 Å². The van der Waals surface area contributed by atoms with Crippen molar-refractivity contribution in [1.29, 1.82) is 0 Å². The van der Waals surface area contributed by atoms with Crippen LogP contribution in [0, 0.1) is 5.92 Å². The van der Waals surface area contributed by atoms with E-state index in [0.717, 1.165) is 12.7 Å². The Labute approximate surface area is 108 Å². The zero-order valence-electron chi connectivity index (χ0n) is 12.0. The van der Waals surface area contributed by atoms with Gasteiger partial charge in [-0.1, -0.05) is 84.5 Å². The van der Waals surface area contributed by atoms with Gasteiger partial charge >= 0.3 is 0 Å². The van der Waals surface area contributed by atoms with Gasteiger partial charge in [-0.25, -0.2) is 0 Å². The largest absolute Gasteiger partial charge is 0.303 e. The number of hydrogen-bond acceptors (Lipinski definition) is 1. The molecule has 1 heteroatoms. The van der Waals surface area contributed by atoms with Gasteiger partial charge in [-0.05, 0) is 5.92 Å². The predicted molar refractivity (Wildman–Crippen MR) is 76.3 cm³/mol. The van der Waals surface area contributed by atoms with Gasteiger partial charge < -0.3 is 4.79 Å². The van der Waals surface area contributed by atoms with Crippen LogP contribution in [0.15, 0.2) is 0 Å². The summed E-state index contributed by atoms with van der Waals surface area (Å²) in [6.07, 6.45) is 17.0. The van der Waals surface area contributed by atoms with Crippen LogP contribution in [0.4, 0.5) is 0 Å². The van der Waals surface area contributed by atoms with Crippen molar-refractivity contribution < 1.29 is 4.79 Å². The first-order valence-corrected chi connectivity index (χ1v) is 7.74. The fourth-order valence-electron chi connectivity index (χ4n) is 2.26. The molecular formula is C16H32O. The molecule has 0 aliphatic heterocycles. The molecule has 0 fully saturated rings. The Hall–Kier alpha value is -0.330. The second-order valence-electron chi connectivity index (χ2n) is 5.48. The van der Waals surface area contributed by atoms with E-state index in [2.05, 4.69) is 13.8 Å². The van der Waals surface area contributed by atoms with Crippen LogP contribution in [0.1, 0.15) is 90.9 Å². The number of carbonyl (C=O) groups excluding carboxylic acids is 1. The van der Waals surface area contributed by atoms with E-state index < -0.39 is 0 Å². The smallest absolute Gasteiger partial charge is 0.120 e. The molecule has 1 unspecified atom stereocenters. The first-order chi connectivity index (χ1) is 8.31. The van der Waals surface area contributed by atoms with Crippen molar-refractivity contribution in [3.63, 3.8) is 0 Å². The summed E-state index contributed by atoms with van der Waals surface area (Å²) in [5.41, 5.74) is 0. The maximum absolute atomic E-state index is 10.3. The quantitative estimate of drug-likeness (QED) is 0.306. The lowest BCUT2D eigenvalue weighted by Gasteiger charge is -2.06. The van der Waals surface area contributed by atoms with Gasteiger partial charge in [0.1, 0.15) is 6.29 Å². The summed E-state index contributed by atoms with van der Waals surface area (Å²) in [6, 6.07) is 0. The van der Waals surface area contributed by atoms with E-state index in [9.17, 15) is 4.79 Å². The lowest BCUT2D eigenvalue weighted by atomic mass is 9.99. The summed E-state index contributed by atoms with van der Waals surface area (Å²) in [6.45, 7) is 4.45. The Balaban J connectivity index is 3.00. The van der Waals surface area contributed by atoms with Crippen LogP contribution in [-0.4, -0.2) is 6.29 Å². The molecule has 0 aromatic rings. The van der Waals surface area contributed by atoms with Crippen LogP contribution in [0.5, 0.6) is 0 Å². The Bertz CT molecular complexity index is 154. The molecule has 0 aliphatic carbocycles. The lowest BCUT2D eigenvalue weighted by molar-refractivity contribution is -0.108. The molecule has 17 heavy (non-hydrogen) atoms. The van der Waals surface area contributed by atoms with Crippen LogP contribution in [-0.2, 0) is 4.79 Å². The van der Waals surface area contributed by atoms with E-state index in [-0.39, 0.29) is 0 Å². The minimum Gasteiger partial charge on any atom is -0.303 e. The minimum absolute atomic E-state index is 0.599. The number of carbonyl (C=O) groups is 1. The monoisotopic (exact) mass is 240 g/mol. The summed E-state index contributed by atoms with van der Waals surface area (Å²) >= 11 is 0. The SMILES string of the molecule is CCCCCCCCCCCCC(C)CC=O. The molecule has 1 nitrogen and oxygen atoms in total. The van der Waals surface area contributed by atoms with Gasteiger partial charge in [-0.2, -0.15) is 0 Å². The minimum atomic E-state index is 0.599. The molecule has 1 atom stereocenters. The molecule has 0 saturated heterocycles. The molecule has 0 spiro atoms. The molecule has 0 rings (SSSR count). The van der Waals surface area contributed by atoms with Crippen molar-refractivity contribution in [2.45, 2.75) is 90.9 Å². The molecule has 0 radical (unpaired) electrons. The van der Waals surface area contributed by atoms with E-state index in [1.54, 1.807) is 0 Å². The van der Waals surface area contributed by atoms with Gasteiger partial charge in [0, 0.05) is 6.42 Å². The molecule has 0 aliphatic rings. The van der Waals surface area contributed by atoms with Crippen LogP contribution in [0.3, 0.4) is 0 Å².